The molecule has 2 heterocycles. The van der Waals surface area contributed by atoms with Crippen LogP contribution in [0.3, 0.4) is 0 Å². The predicted octanol–water partition coefficient (Wildman–Crippen LogP) is -0.478. The van der Waals surface area contributed by atoms with E-state index in [2.05, 4.69) is 10.0 Å². The Kier molecular flexibility index (Phi) is 1.64. The van der Waals surface area contributed by atoms with Crippen LogP contribution in [0.4, 0.5) is 0 Å². The van der Waals surface area contributed by atoms with Crippen LogP contribution in [-0.2, 0) is 9.47 Å². The minimum atomic E-state index is -0.316. The van der Waals surface area contributed by atoms with Crippen molar-refractivity contribution < 1.29 is 9.47 Å². The molecule has 2 aliphatic rings. The van der Waals surface area contributed by atoms with E-state index in [1.54, 1.807) is 0 Å². The van der Waals surface area contributed by atoms with E-state index in [9.17, 15) is 0 Å². The Bertz CT molecular complexity index is 145. The SMILES string of the molecule is CN1CC2(CN1C)OCCO2. The van der Waals surface area contributed by atoms with Gasteiger partial charge in [-0.1, -0.05) is 0 Å². The second-order valence-corrected chi connectivity index (χ2v) is 3.24. The number of hydrogen-bond donors (Lipinski definition) is 0. The molecule has 0 N–H and O–H groups in total. The van der Waals surface area contributed by atoms with Gasteiger partial charge in [-0.15, -0.1) is 0 Å². The molecule has 0 radical (unpaired) electrons. The Morgan fingerprint density at radius 3 is 1.91 bits per heavy atom. The Hall–Kier alpha value is -0.160. The molecule has 0 amide bonds. The highest BCUT2D eigenvalue weighted by molar-refractivity contribution is 4.84. The summed E-state index contributed by atoms with van der Waals surface area (Å²) in [7, 11) is 4.08. The van der Waals surface area contributed by atoms with Gasteiger partial charge in [0.15, 0.2) is 5.79 Å². The van der Waals surface area contributed by atoms with Gasteiger partial charge in [-0.3, -0.25) is 0 Å². The molecule has 11 heavy (non-hydrogen) atoms. The third kappa shape index (κ3) is 1.16. The van der Waals surface area contributed by atoms with Crippen molar-refractivity contribution >= 4 is 0 Å². The van der Waals surface area contributed by atoms with Gasteiger partial charge in [0.1, 0.15) is 0 Å². The minimum absolute atomic E-state index is 0.316. The van der Waals surface area contributed by atoms with Gasteiger partial charge in [0.2, 0.25) is 0 Å². The summed E-state index contributed by atoms with van der Waals surface area (Å²) >= 11 is 0. The lowest BCUT2D eigenvalue weighted by Gasteiger charge is -2.18. The van der Waals surface area contributed by atoms with E-state index in [1.807, 2.05) is 14.1 Å². The number of ether oxygens (including phenoxy) is 2. The molecule has 4 heteroatoms. The monoisotopic (exact) mass is 158 g/mol. The molecule has 1 spiro atoms. The number of likely N-dealkylation sites (N-methyl/N-ethyl adjacent to an activating group) is 2. The Morgan fingerprint density at radius 1 is 1.00 bits per heavy atom. The van der Waals surface area contributed by atoms with Crippen molar-refractivity contribution in [3.05, 3.63) is 0 Å². The van der Waals surface area contributed by atoms with Crippen molar-refractivity contribution in [3.63, 3.8) is 0 Å². The summed E-state index contributed by atoms with van der Waals surface area (Å²) in [5.41, 5.74) is 0. The first-order chi connectivity index (χ1) is 5.22. The molecule has 64 valence electrons. The number of hydrogen-bond acceptors (Lipinski definition) is 4. The van der Waals surface area contributed by atoms with Crippen molar-refractivity contribution in [2.24, 2.45) is 0 Å². The van der Waals surface area contributed by atoms with Gasteiger partial charge in [-0.25, -0.2) is 10.0 Å². The zero-order valence-electron chi connectivity index (χ0n) is 7.04. The van der Waals surface area contributed by atoms with Crippen LogP contribution in [0.25, 0.3) is 0 Å². The van der Waals surface area contributed by atoms with Gasteiger partial charge in [-0.05, 0) is 0 Å². The average molecular weight is 158 g/mol. The maximum absolute atomic E-state index is 5.54. The summed E-state index contributed by atoms with van der Waals surface area (Å²) in [5.74, 6) is -0.316. The summed E-state index contributed by atoms with van der Waals surface area (Å²) in [5, 5.41) is 4.23. The molecule has 2 rings (SSSR count). The first kappa shape index (κ1) is 7.49. The van der Waals surface area contributed by atoms with Crippen LogP contribution in [0.5, 0.6) is 0 Å². The number of rotatable bonds is 0. The summed E-state index contributed by atoms with van der Waals surface area (Å²) in [4.78, 5) is 0. The largest absolute Gasteiger partial charge is 0.345 e. The Labute approximate surface area is 66.6 Å². The van der Waals surface area contributed by atoms with E-state index in [4.69, 9.17) is 9.47 Å². The molecule has 0 aliphatic carbocycles. The van der Waals surface area contributed by atoms with Gasteiger partial charge in [0, 0.05) is 14.1 Å². The van der Waals surface area contributed by atoms with Crippen molar-refractivity contribution in [2.75, 3.05) is 40.4 Å². The maximum atomic E-state index is 5.54. The second kappa shape index (κ2) is 2.42. The van der Waals surface area contributed by atoms with Gasteiger partial charge < -0.3 is 9.47 Å². The Morgan fingerprint density at radius 2 is 1.45 bits per heavy atom. The number of nitrogens with zero attached hydrogens (tertiary/aromatic N) is 2. The molecule has 0 unspecified atom stereocenters. The summed E-state index contributed by atoms with van der Waals surface area (Å²) in [6, 6.07) is 0. The van der Waals surface area contributed by atoms with Crippen LogP contribution in [0.15, 0.2) is 0 Å². The average Bonchev–Trinajstić information content (AvgIpc) is 2.46. The minimum Gasteiger partial charge on any atom is -0.345 e. The fourth-order valence-electron chi connectivity index (χ4n) is 1.67. The lowest BCUT2D eigenvalue weighted by molar-refractivity contribution is -0.136. The molecule has 0 atom stereocenters. The first-order valence-corrected chi connectivity index (χ1v) is 3.92. The normalized spacial score (nSPS) is 32.2. The predicted molar refractivity (Wildman–Crippen MR) is 39.9 cm³/mol. The van der Waals surface area contributed by atoms with Crippen LogP contribution in [0.1, 0.15) is 0 Å². The van der Waals surface area contributed by atoms with Crippen LogP contribution < -0.4 is 0 Å². The molecule has 0 aromatic heterocycles. The van der Waals surface area contributed by atoms with E-state index in [-0.39, 0.29) is 5.79 Å². The highest BCUT2D eigenvalue weighted by Gasteiger charge is 2.44. The van der Waals surface area contributed by atoms with Crippen molar-refractivity contribution in [1.82, 2.24) is 10.0 Å². The quantitative estimate of drug-likeness (QED) is 0.475. The molecule has 0 saturated carbocycles. The lowest BCUT2D eigenvalue weighted by atomic mass is 10.3. The third-order valence-corrected chi connectivity index (χ3v) is 2.34. The third-order valence-electron chi connectivity index (χ3n) is 2.34. The highest BCUT2D eigenvalue weighted by atomic mass is 16.7. The first-order valence-electron chi connectivity index (χ1n) is 3.92. The standard InChI is InChI=1S/C7H14N2O2/c1-8-5-7(6-9(8)2)10-3-4-11-7/h3-6H2,1-2H3. The lowest BCUT2D eigenvalue weighted by Crippen LogP contribution is -2.35. The van der Waals surface area contributed by atoms with E-state index < -0.39 is 0 Å². The number of hydrazine groups is 1. The maximum Gasteiger partial charge on any atom is 0.196 e. The van der Waals surface area contributed by atoms with Crippen LogP contribution in [0.2, 0.25) is 0 Å². The van der Waals surface area contributed by atoms with E-state index in [0.717, 1.165) is 26.3 Å². The van der Waals surface area contributed by atoms with E-state index in [1.165, 1.54) is 0 Å². The van der Waals surface area contributed by atoms with Gasteiger partial charge in [0.05, 0.1) is 26.3 Å². The molecular formula is C7H14N2O2. The topological polar surface area (TPSA) is 24.9 Å². The summed E-state index contributed by atoms with van der Waals surface area (Å²) in [6.45, 7) is 3.18. The van der Waals surface area contributed by atoms with Gasteiger partial charge in [0.25, 0.3) is 0 Å². The van der Waals surface area contributed by atoms with Crippen LogP contribution >= 0.6 is 0 Å². The van der Waals surface area contributed by atoms with Crippen LogP contribution in [-0.4, -0.2) is 56.2 Å². The van der Waals surface area contributed by atoms with E-state index in [0.29, 0.717) is 0 Å². The van der Waals surface area contributed by atoms with E-state index >= 15 is 0 Å². The molecule has 2 fully saturated rings. The Balaban J connectivity index is 2.06. The fraction of sp³-hybridized carbons (Fsp3) is 1.00. The highest BCUT2D eigenvalue weighted by Crippen LogP contribution is 2.26. The fourth-order valence-corrected chi connectivity index (χ4v) is 1.67. The van der Waals surface area contributed by atoms with Crippen LogP contribution in [0, 0.1) is 0 Å². The molecule has 0 aromatic carbocycles. The van der Waals surface area contributed by atoms with Gasteiger partial charge >= 0.3 is 0 Å². The molecule has 2 saturated heterocycles. The summed E-state index contributed by atoms with van der Waals surface area (Å²) in [6.07, 6.45) is 0. The molecule has 2 aliphatic heterocycles. The van der Waals surface area contributed by atoms with Crippen molar-refractivity contribution in [1.29, 1.82) is 0 Å². The summed E-state index contributed by atoms with van der Waals surface area (Å²) < 4.78 is 11.1. The molecule has 0 aromatic rings. The molecular weight excluding hydrogens is 144 g/mol. The van der Waals surface area contributed by atoms with Crippen molar-refractivity contribution in [2.45, 2.75) is 5.79 Å². The zero-order valence-corrected chi connectivity index (χ0v) is 7.04. The van der Waals surface area contributed by atoms with Crippen molar-refractivity contribution in [3.8, 4) is 0 Å². The zero-order chi connectivity index (χ0) is 7.90. The smallest absolute Gasteiger partial charge is 0.196 e. The molecule has 4 nitrogen and oxygen atoms in total. The second-order valence-electron chi connectivity index (χ2n) is 3.24. The van der Waals surface area contributed by atoms with Gasteiger partial charge in [-0.2, -0.15) is 0 Å². The molecule has 0 bridgehead atoms.